The van der Waals surface area contributed by atoms with Crippen LogP contribution in [-0.4, -0.2) is 63.9 Å². The first kappa shape index (κ1) is 19.7. The summed E-state index contributed by atoms with van der Waals surface area (Å²) in [6.07, 6.45) is 3.96. The molecular formula is C19H26N2O5S. The Bertz CT molecular complexity index is 822. The fourth-order valence-electron chi connectivity index (χ4n) is 3.48. The van der Waals surface area contributed by atoms with Gasteiger partial charge in [-0.25, -0.2) is 8.42 Å². The average Bonchev–Trinajstić information content (AvgIpc) is 3.12. The number of nitrogens with one attached hydrogen (secondary N) is 1. The molecule has 1 aromatic carbocycles. The van der Waals surface area contributed by atoms with E-state index in [4.69, 9.17) is 9.47 Å². The van der Waals surface area contributed by atoms with Gasteiger partial charge in [0.1, 0.15) is 13.2 Å². The lowest BCUT2D eigenvalue weighted by molar-refractivity contribution is 0.0930. The summed E-state index contributed by atoms with van der Waals surface area (Å²) in [5.41, 5.74) is 0.201. The molecular weight excluding hydrogens is 368 g/mol. The molecule has 1 saturated heterocycles. The molecule has 1 atom stereocenters. The van der Waals surface area contributed by atoms with Gasteiger partial charge in [-0.3, -0.25) is 9.69 Å². The third-order valence-corrected chi connectivity index (χ3v) is 6.67. The van der Waals surface area contributed by atoms with Crippen LogP contribution in [0, 0.1) is 0 Å². The summed E-state index contributed by atoms with van der Waals surface area (Å²) >= 11 is 0. The zero-order chi connectivity index (χ0) is 19.4. The maximum atomic E-state index is 12.8. The van der Waals surface area contributed by atoms with Crippen molar-refractivity contribution in [3.63, 3.8) is 0 Å². The number of amides is 1. The molecule has 148 valence electrons. The van der Waals surface area contributed by atoms with Gasteiger partial charge in [-0.05, 0) is 25.5 Å². The lowest BCUT2D eigenvalue weighted by atomic mass is 10.1. The number of nitrogens with zero attached hydrogens (tertiary/aromatic N) is 1. The second-order valence-electron chi connectivity index (χ2n) is 6.69. The van der Waals surface area contributed by atoms with Gasteiger partial charge in [-0.15, -0.1) is 6.58 Å². The first-order chi connectivity index (χ1) is 13.0. The van der Waals surface area contributed by atoms with Crippen LogP contribution in [0.15, 0.2) is 29.7 Å². The minimum atomic E-state index is -3.47. The number of likely N-dealkylation sites (tertiary alicyclic amines) is 1. The van der Waals surface area contributed by atoms with Crippen molar-refractivity contribution < 1.29 is 22.7 Å². The highest BCUT2D eigenvalue weighted by Gasteiger charge is 2.28. The van der Waals surface area contributed by atoms with Gasteiger partial charge < -0.3 is 14.8 Å². The van der Waals surface area contributed by atoms with Crippen molar-refractivity contribution in [1.29, 1.82) is 0 Å². The number of sulfone groups is 1. The van der Waals surface area contributed by atoms with Crippen molar-refractivity contribution in [2.75, 3.05) is 38.6 Å². The first-order valence-corrected chi connectivity index (χ1v) is 10.9. The highest BCUT2D eigenvalue weighted by molar-refractivity contribution is 7.91. The number of fused-ring (bicyclic) bond motifs is 1. The Morgan fingerprint density at radius 1 is 1.37 bits per heavy atom. The lowest BCUT2D eigenvalue weighted by Gasteiger charge is -2.24. The van der Waals surface area contributed by atoms with Crippen LogP contribution in [-0.2, 0) is 9.84 Å². The molecule has 1 N–H and O–H groups in total. The predicted octanol–water partition coefficient (Wildman–Crippen LogP) is 1.63. The third-order valence-electron chi connectivity index (χ3n) is 4.96. The van der Waals surface area contributed by atoms with E-state index < -0.39 is 9.84 Å². The summed E-state index contributed by atoms with van der Waals surface area (Å²) in [7, 11) is -3.47. The van der Waals surface area contributed by atoms with Crippen LogP contribution >= 0.6 is 0 Å². The Labute approximate surface area is 160 Å². The summed E-state index contributed by atoms with van der Waals surface area (Å²) in [5, 5.41) is 2.93. The van der Waals surface area contributed by atoms with Gasteiger partial charge >= 0.3 is 0 Å². The van der Waals surface area contributed by atoms with Crippen molar-refractivity contribution in [3.8, 4) is 11.5 Å². The topological polar surface area (TPSA) is 84.9 Å². The summed E-state index contributed by atoms with van der Waals surface area (Å²) in [6, 6.07) is 3.08. The van der Waals surface area contributed by atoms with E-state index in [-0.39, 0.29) is 28.2 Å². The zero-order valence-electron chi connectivity index (χ0n) is 15.6. The van der Waals surface area contributed by atoms with E-state index in [1.165, 1.54) is 12.1 Å². The fraction of sp³-hybridized carbons (Fsp3) is 0.526. The molecule has 7 nitrogen and oxygen atoms in total. The van der Waals surface area contributed by atoms with Crippen molar-refractivity contribution >= 4 is 15.7 Å². The standard InChI is InChI=1S/C19H26N2O5S/c1-3-7-21-8-5-6-14(21)13-20-19(22)16-11-15(27(23,24)4-2)12-17-18(16)26-10-9-25-17/h3,11-12,14H,1,4-10,13H2,2H3,(H,20,22). The van der Waals surface area contributed by atoms with Crippen LogP contribution < -0.4 is 14.8 Å². The molecule has 27 heavy (non-hydrogen) atoms. The number of carbonyl (C=O) groups excluding carboxylic acids is 1. The van der Waals surface area contributed by atoms with Crippen LogP contribution in [0.4, 0.5) is 0 Å². The van der Waals surface area contributed by atoms with Gasteiger partial charge in [-0.2, -0.15) is 0 Å². The molecule has 1 aromatic rings. The predicted molar refractivity (Wildman–Crippen MR) is 102 cm³/mol. The molecule has 1 fully saturated rings. The number of benzene rings is 1. The number of rotatable bonds is 7. The Balaban J connectivity index is 1.83. The minimum Gasteiger partial charge on any atom is -0.486 e. The first-order valence-electron chi connectivity index (χ1n) is 9.25. The van der Waals surface area contributed by atoms with E-state index in [1.807, 2.05) is 6.08 Å². The molecule has 0 saturated carbocycles. The second kappa shape index (κ2) is 8.31. The monoisotopic (exact) mass is 394 g/mol. The molecule has 2 aliphatic rings. The van der Waals surface area contributed by atoms with E-state index in [1.54, 1.807) is 6.92 Å². The van der Waals surface area contributed by atoms with Crippen LogP contribution in [0.5, 0.6) is 11.5 Å². The van der Waals surface area contributed by atoms with E-state index in [9.17, 15) is 13.2 Å². The SMILES string of the molecule is C=CCN1CCCC1CNC(=O)c1cc(S(=O)(=O)CC)cc2c1OCCO2. The quantitative estimate of drug-likeness (QED) is 0.708. The van der Waals surface area contributed by atoms with Crippen LogP contribution in [0.2, 0.25) is 0 Å². The maximum absolute atomic E-state index is 12.8. The van der Waals surface area contributed by atoms with E-state index in [0.717, 1.165) is 25.9 Å². The Morgan fingerprint density at radius 2 is 2.15 bits per heavy atom. The smallest absolute Gasteiger partial charge is 0.255 e. The highest BCUT2D eigenvalue weighted by Crippen LogP contribution is 2.37. The van der Waals surface area contributed by atoms with Gasteiger partial charge in [0, 0.05) is 25.2 Å². The minimum absolute atomic E-state index is 0.0493. The third kappa shape index (κ3) is 4.27. The maximum Gasteiger partial charge on any atom is 0.255 e. The molecule has 2 heterocycles. The molecule has 0 bridgehead atoms. The molecule has 0 aliphatic carbocycles. The Morgan fingerprint density at radius 3 is 2.89 bits per heavy atom. The lowest BCUT2D eigenvalue weighted by Crippen LogP contribution is -2.40. The van der Waals surface area contributed by atoms with Gasteiger partial charge in [0.15, 0.2) is 21.3 Å². The zero-order valence-corrected chi connectivity index (χ0v) is 16.4. The van der Waals surface area contributed by atoms with E-state index >= 15 is 0 Å². The van der Waals surface area contributed by atoms with Gasteiger partial charge in [0.05, 0.1) is 16.2 Å². The van der Waals surface area contributed by atoms with Crippen molar-refractivity contribution in [3.05, 3.63) is 30.4 Å². The van der Waals surface area contributed by atoms with E-state index in [2.05, 4.69) is 16.8 Å². The van der Waals surface area contributed by atoms with Crippen molar-refractivity contribution in [2.45, 2.75) is 30.7 Å². The van der Waals surface area contributed by atoms with Crippen LogP contribution in [0.3, 0.4) is 0 Å². The van der Waals surface area contributed by atoms with Gasteiger partial charge in [-0.1, -0.05) is 13.0 Å². The number of carbonyl (C=O) groups is 1. The Kier molecular flexibility index (Phi) is 6.06. The Hall–Kier alpha value is -2.06. The second-order valence-corrected chi connectivity index (χ2v) is 8.97. The normalized spacial score (nSPS) is 19.7. The largest absolute Gasteiger partial charge is 0.486 e. The molecule has 0 radical (unpaired) electrons. The molecule has 1 unspecified atom stereocenters. The molecule has 0 aromatic heterocycles. The number of ether oxygens (including phenoxy) is 2. The molecule has 0 spiro atoms. The van der Waals surface area contributed by atoms with Gasteiger partial charge in [0.25, 0.3) is 5.91 Å². The van der Waals surface area contributed by atoms with Crippen LogP contribution in [0.1, 0.15) is 30.1 Å². The fourth-order valence-corrected chi connectivity index (χ4v) is 4.40. The van der Waals surface area contributed by atoms with Crippen molar-refractivity contribution in [1.82, 2.24) is 10.2 Å². The molecule has 1 amide bonds. The average molecular weight is 394 g/mol. The summed E-state index contributed by atoms with van der Waals surface area (Å²) in [4.78, 5) is 15.2. The highest BCUT2D eigenvalue weighted by atomic mass is 32.2. The summed E-state index contributed by atoms with van der Waals surface area (Å²) in [5.74, 6) is 0.209. The van der Waals surface area contributed by atoms with E-state index in [0.29, 0.717) is 31.3 Å². The van der Waals surface area contributed by atoms with Crippen LogP contribution in [0.25, 0.3) is 0 Å². The molecule has 3 rings (SSSR count). The van der Waals surface area contributed by atoms with Gasteiger partial charge in [0.2, 0.25) is 0 Å². The molecule has 2 aliphatic heterocycles. The number of hydrogen-bond donors (Lipinski definition) is 1. The molecule has 8 heteroatoms. The number of hydrogen-bond acceptors (Lipinski definition) is 6. The summed E-state index contributed by atoms with van der Waals surface area (Å²) < 4.78 is 35.7. The summed E-state index contributed by atoms with van der Waals surface area (Å²) in [6.45, 7) is 8.26. The van der Waals surface area contributed by atoms with Crippen molar-refractivity contribution in [2.24, 2.45) is 0 Å².